The number of amides is 2. The minimum absolute atomic E-state index is 0. The summed E-state index contributed by atoms with van der Waals surface area (Å²) in [7, 11) is 0. The van der Waals surface area contributed by atoms with Gasteiger partial charge in [0.25, 0.3) is 0 Å². The maximum Gasteiger partial charge on any atom is 0.226 e. The van der Waals surface area contributed by atoms with Gasteiger partial charge < -0.3 is 13.8 Å². The maximum absolute atomic E-state index is 10.6. The Morgan fingerprint density at radius 2 is 1.92 bits per heavy atom. The zero-order chi connectivity index (χ0) is 8.85. The van der Waals surface area contributed by atoms with E-state index >= 15 is 0 Å². The normalized spacial score (nSPS) is 21.4. The van der Waals surface area contributed by atoms with Crippen molar-refractivity contribution in [2.45, 2.75) is 19.8 Å². The molecule has 1 atom stereocenters. The third-order valence-corrected chi connectivity index (χ3v) is 1.35. The molecule has 0 aromatic rings. The van der Waals surface area contributed by atoms with Crippen LogP contribution in [-0.4, -0.2) is 11.8 Å². The minimum atomic E-state index is -0.244. The van der Waals surface area contributed by atoms with E-state index in [9.17, 15) is 9.59 Å². The molecule has 0 aromatic heterocycles. The van der Waals surface area contributed by atoms with Crippen molar-refractivity contribution in [3.8, 4) is 0 Å². The largest absolute Gasteiger partial charge is 0.346 e. The van der Waals surface area contributed by atoms with E-state index in [2.05, 4.69) is 19.2 Å². The quantitative estimate of drug-likeness (QED) is 0.504. The van der Waals surface area contributed by atoms with Gasteiger partial charge >= 0.3 is 0 Å². The second-order valence-corrected chi connectivity index (χ2v) is 2.15. The predicted molar refractivity (Wildman–Crippen MR) is 42.3 cm³/mol. The summed E-state index contributed by atoms with van der Waals surface area (Å²) < 4.78 is 0. The fourth-order valence-electron chi connectivity index (χ4n) is 0.738. The first-order valence-electron chi connectivity index (χ1n) is 3.57. The molecule has 0 aliphatic carbocycles. The van der Waals surface area contributed by atoms with Gasteiger partial charge in [-0.25, -0.2) is 0 Å². The molecule has 67 valence electrons. The summed E-state index contributed by atoms with van der Waals surface area (Å²) in [5.74, 6) is -0.658. The molecule has 12 heavy (non-hydrogen) atoms. The van der Waals surface area contributed by atoms with Crippen molar-refractivity contribution < 1.29 is 42.3 Å². The Hall–Kier alpha value is 0.244. The Kier molecular flexibility index (Phi) is 9.67. The zero-order valence-electron chi connectivity index (χ0n) is 7.30. The second-order valence-electron chi connectivity index (χ2n) is 2.15. The van der Waals surface area contributed by atoms with Crippen LogP contribution < -0.4 is 5.32 Å². The third kappa shape index (κ3) is 4.99. The van der Waals surface area contributed by atoms with Gasteiger partial charge in [0.2, 0.25) is 5.91 Å². The van der Waals surface area contributed by atoms with Gasteiger partial charge in [-0.3, -0.25) is 14.9 Å². The molecule has 1 saturated heterocycles. The summed E-state index contributed by atoms with van der Waals surface area (Å²) in [6.45, 7) is 8.55. The molecular formula is C8H13NO2Y-2. The van der Waals surface area contributed by atoms with Crippen molar-refractivity contribution in [2.24, 2.45) is 5.92 Å². The van der Waals surface area contributed by atoms with Crippen LogP contribution in [0.4, 0.5) is 0 Å². The van der Waals surface area contributed by atoms with E-state index in [1.807, 2.05) is 0 Å². The van der Waals surface area contributed by atoms with Gasteiger partial charge in [0, 0.05) is 39.1 Å². The minimum Gasteiger partial charge on any atom is -0.346 e. The van der Waals surface area contributed by atoms with Crippen molar-refractivity contribution in [3.05, 3.63) is 13.8 Å². The molecule has 1 rings (SSSR count). The first-order valence-corrected chi connectivity index (χ1v) is 3.57. The predicted octanol–water partition coefficient (Wildman–Crippen LogP) is 0.711. The van der Waals surface area contributed by atoms with E-state index in [0.717, 1.165) is 0 Å². The number of hydrogen-bond donors (Lipinski definition) is 1. The number of hydrogen-bond acceptors (Lipinski definition) is 2. The molecule has 0 saturated carbocycles. The van der Waals surface area contributed by atoms with Crippen molar-refractivity contribution >= 4 is 11.8 Å². The Balaban J connectivity index is 0. The van der Waals surface area contributed by atoms with E-state index in [1.54, 1.807) is 6.92 Å². The van der Waals surface area contributed by atoms with Gasteiger partial charge in [0.05, 0.1) is 0 Å². The van der Waals surface area contributed by atoms with Crippen LogP contribution >= 0.6 is 0 Å². The van der Waals surface area contributed by atoms with Crippen LogP contribution in [0.3, 0.4) is 0 Å². The standard InChI is InChI=1S/C6H8NO2.C2H5.Y/c1-4-2-3-5(8)7-6(4)9;1-2;/h4H,1-3H2,(H,7,8,9);1H2,2H3;/q2*-1;. The number of rotatable bonds is 0. The smallest absolute Gasteiger partial charge is 0.226 e. The molecule has 0 aromatic carbocycles. The average Bonchev–Trinajstić information content (AvgIpc) is 2.02. The van der Waals surface area contributed by atoms with Crippen LogP contribution in [0.15, 0.2) is 0 Å². The van der Waals surface area contributed by atoms with Crippen LogP contribution in [0.25, 0.3) is 0 Å². The van der Waals surface area contributed by atoms with Crippen LogP contribution in [0.1, 0.15) is 19.8 Å². The molecule has 2 amide bonds. The van der Waals surface area contributed by atoms with E-state index < -0.39 is 0 Å². The summed E-state index contributed by atoms with van der Waals surface area (Å²) in [5, 5.41) is 2.19. The molecule has 1 aliphatic heterocycles. The Morgan fingerprint density at radius 3 is 2.25 bits per heavy atom. The zero-order valence-corrected chi connectivity index (χ0v) is 10.1. The Labute approximate surface area is 98.6 Å². The first-order chi connectivity index (χ1) is 5.20. The summed E-state index contributed by atoms with van der Waals surface area (Å²) in [6, 6.07) is 0. The Morgan fingerprint density at radius 1 is 1.42 bits per heavy atom. The number of carbonyl (C=O) groups is 2. The summed E-state index contributed by atoms with van der Waals surface area (Å²) in [6.07, 6.45) is 1.02. The molecular weight excluding hydrogens is 231 g/mol. The molecule has 1 N–H and O–H groups in total. The monoisotopic (exact) mass is 244 g/mol. The summed E-state index contributed by atoms with van der Waals surface area (Å²) in [4.78, 5) is 21.1. The topological polar surface area (TPSA) is 46.2 Å². The summed E-state index contributed by atoms with van der Waals surface area (Å²) >= 11 is 0. The maximum atomic E-state index is 10.6. The van der Waals surface area contributed by atoms with Gasteiger partial charge in [-0.15, -0.1) is 0 Å². The van der Waals surface area contributed by atoms with Crippen LogP contribution in [-0.2, 0) is 42.3 Å². The number of carbonyl (C=O) groups excluding carboxylic acids is 2. The first kappa shape index (κ1) is 14.8. The fourth-order valence-corrected chi connectivity index (χ4v) is 0.738. The molecule has 1 aliphatic rings. The number of imide groups is 1. The Bertz CT molecular complexity index is 159. The molecule has 1 heterocycles. The molecule has 1 unspecified atom stereocenters. The molecule has 4 heteroatoms. The van der Waals surface area contributed by atoms with Crippen molar-refractivity contribution in [1.29, 1.82) is 0 Å². The second kappa shape index (κ2) is 7.87. The van der Waals surface area contributed by atoms with E-state index in [0.29, 0.717) is 12.8 Å². The number of nitrogens with one attached hydrogen (secondary N) is 1. The van der Waals surface area contributed by atoms with Gasteiger partial charge in [-0.05, 0) is 0 Å². The van der Waals surface area contributed by atoms with Gasteiger partial charge in [-0.1, -0.05) is 12.3 Å². The SMILES string of the molecule is [CH2-]C.[CH2-]C1CCC(=O)NC1=O.[Y]. The third-order valence-electron chi connectivity index (χ3n) is 1.35. The fraction of sp³-hybridized carbons (Fsp3) is 0.500. The van der Waals surface area contributed by atoms with Gasteiger partial charge in [-0.2, -0.15) is 6.92 Å². The van der Waals surface area contributed by atoms with Crippen molar-refractivity contribution in [1.82, 2.24) is 5.32 Å². The molecule has 3 nitrogen and oxygen atoms in total. The molecule has 0 spiro atoms. The van der Waals surface area contributed by atoms with Gasteiger partial charge in [0.1, 0.15) is 0 Å². The molecule has 1 radical (unpaired) electrons. The van der Waals surface area contributed by atoms with Crippen LogP contribution in [0.2, 0.25) is 0 Å². The van der Waals surface area contributed by atoms with Crippen LogP contribution in [0, 0.1) is 19.8 Å². The van der Waals surface area contributed by atoms with E-state index in [1.165, 1.54) is 0 Å². The molecule has 0 bridgehead atoms. The van der Waals surface area contributed by atoms with E-state index in [4.69, 9.17) is 0 Å². The average molecular weight is 244 g/mol. The molecule has 1 fully saturated rings. The van der Waals surface area contributed by atoms with Crippen LogP contribution in [0.5, 0.6) is 0 Å². The van der Waals surface area contributed by atoms with Crippen molar-refractivity contribution in [2.75, 3.05) is 0 Å². The van der Waals surface area contributed by atoms with Crippen molar-refractivity contribution in [3.63, 3.8) is 0 Å². The number of piperidine rings is 1. The summed E-state index contributed by atoms with van der Waals surface area (Å²) in [5.41, 5.74) is 0. The van der Waals surface area contributed by atoms with Gasteiger partial charge in [0.15, 0.2) is 5.91 Å². The van der Waals surface area contributed by atoms with E-state index in [-0.39, 0.29) is 50.4 Å².